The summed E-state index contributed by atoms with van der Waals surface area (Å²) in [4.78, 5) is 4.88. The number of quaternary nitrogens is 2. The Bertz CT molecular complexity index is 1860. The van der Waals surface area contributed by atoms with Crippen molar-refractivity contribution in [2.75, 3.05) is 77.3 Å². The fourth-order valence-electron chi connectivity index (χ4n) is 7.25. The zero-order valence-electron chi connectivity index (χ0n) is 29.9. The summed E-state index contributed by atoms with van der Waals surface area (Å²) in [7, 11) is 11.8. The van der Waals surface area contributed by atoms with E-state index in [1.54, 1.807) is 0 Å². The molecule has 1 aromatic heterocycles. The van der Waals surface area contributed by atoms with Crippen LogP contribution in [0.25, 0.3) is 27.4 Å². The highest BCUT2D eigenvalue weighted by Crippen LogP contribution is 2.35. The van der Waals surface area contributed by atoms with Gasteiger partial charge in [-0.3, -0.25) is 0 Å². The van der Waals surface area contributed by atoms with Crippen LogP contribution in [0.4, 0.5) is 11.4 Å². The molecule has 6 heteroatoms. The molecule has 0 aliphatic carbocycles. The topological polar surface area (TPSA) is 10.4 Å². The lowest BCUT2D eigenvalue weighted by atomic mass is 9.99. The third kappa shape index (κ3) is 7.84. The highest BCUT2D eigenvalue weighted by molar-refractivity contribution is 7.18. The molecular weight excluding hydrogens is 607 g/mol. The molecule has 0 fully saturated rings. The molecule has 0 spiro atoms. The van der Waals surface area contributed by atoms with Gasteiger partial charge < -0.3 is 18.8 Å². The van der Waals surface area contributed by atoms with Gasteiger partial charge in [-0.1, -0.05) is 65.9 Å². The van der Waals surface area contributed by atoms with Crippen LogP contribution in [0.1, 0.15) is 42.3 Å². The Morgan fingerprint density at radius 1 is 0.646 bits per heavy atom. The maximum absolute atomic E-state index is 2.45. The minimum atomic E-state index is 1.03. The number of aromatic nitrogens is 1. The number of rotatable bonds is 13. The monoisotopic (exact) mass is 660 g/mol. The van der Waals surface area contributed by atoms with Crippen molar-refractivity contribution in [2.24, 2.45) is 7.05 Å². The molecule has 0 atom stereocenters. The standard InChI is InChI=1S/C42H54N5S/c1-7-34-23-27-44(38-19-10-8-17-36(34)38)25-14-29-46(3,4)31-16-32-47(5,6)30-15-26-45-28-24-35(37-18-9-11-20-39(37)45)33-42-43(2)40-21-12-13-22-41(40)48-42/h7-13,17-24,27-28,33H,14-16,25-26,29-32H2,1-6H3/q+3/b34-7+. The van der Waals surface area contributed by atoms with E-state index < -0.39 is 0 Å². The average Bonchev–Trinajstić information content (AvgIpc) is 3.40. The van der Waals surface area contributed by atoms with Crippen molar-refractivity contribution in [3.05, 3.63) is 120 Å². The number of allylic oxidation sites excluding steroid dienone is 5. The molecule has 0 radical (unpaired) electrons. The minimum Gasteiger partial charge on any atom is -0.347 e. The third-order valence-electron chi connectivity index (χ3n) is 10.1. The predicted molar refractivity (Wildman–Crippen MR) is 208 cm³/mol. The molecule has 6 rings (SSSR count). The van der Waals surface area contributed by atoms with E-state index in [0.717, 1.165) is 28.5 Å². The van der Waals surface area contributed by atoms with Gasteiger partial charge in [-0.15, -0.1) is 0 Å². The number of hydrogen-bond acceptors (Lipinski definition) is 3. The quantitative estimate of drug-likeness (QED) is 0.105. The van der Waals surface area contributed by atoms with Gasteiger partial charge in [0.1, 0.15) is 11.7 Å². The molecule has 0 amide bonds. The van der Waals surface area contributed by atoms with E-state index in [4.69, 9.17) is 0 Å². The lowest BCUT2D eigenvalue weighted by Crippen LogP contribution is -2.47. The van der Waals surface area contributed by atoms with Crippen molar-refractivity contribution in [1.29, 1.82) is 0 Å². The normalized spacial score (nSPS) is 16.3. The molecule has 3 aromatic carbocycles. The van der Waals surface area contributed by atoms with Gasteiger partial charge in [0.15, 0.2) is 0 Å². The number of fused-ring (bicyclic) bond motifs is 3. The van der Waals surface area contributed by atoms with Gasteiger partial charge >= 0.3 is 0 Å². The minimum absolute atomic E-state index is 1.03. The first-order valence-corrected chi connectivity index (χ1v) is 18.4. The van der Waals surface area contributed by atoms with E-state index in [9.17, 15) is 0 Å². The summed E-state index contributed by atoms with van der Waals surface area (Å²) in [6, 6.07) is 26.3. The van der Waals surface area contributed by atoms with Crippen LogP contribution in [-0.4, -0.2) is 76.4 Å². The highest BCUT2D eigenvalue weighted by atomic mass is 32.1. The van der Waals surface area contributed by atoms with Crippen LogP contribution in [0, 0.1) is 0 Å². The van der Waals surface area contributed by atoms with Crippen LogP contribution in [0.5, 0.6) is 0 Å². The second-order valence-electron chi connectivity index (χ2n) is 14.7. The van der Waals surface area contributed by atoms with Gasteiger partial charge in [0, 0.05) is 79.4 Å². The summed E-state index contributed by atoms with van der Waals surface area (Å²) >= 11 is 1.86. The number of aryl methyl sites for hydroxylation is 1. The Morgan fingerprint density at radius 2 is 1.15 bits per heavy atom. The van der Waals surface area contributed by atoms with Crippen LogP contribution in [0.15, 0.2) is 103 Å². The molecule has 0 saturated heterocycles. The van der Waals surface area contributed by atoms with E-state index in [0.29, 0.717) is 0 Å². The van der Waals surface area contributed by atoms with E-state index in [-0.39, 0.29) is 0 Å². The molecule has 250 valence electrons. The second kappa shape index (κ2) is 14.7. The Hall–Kier alpha value is -3.97. The first-order valence-electron chi connectivity index (χ1n) is 17.6. The molecule has 0 saturated carbocycles. The molecule has 4 aromatic rings. The van der Waals surface area contributed by atoms with Crippen molar-refractivity contribution in [1.82, 2.24) is 0 Å². The van der Waals surface area contributed by atoms with Gasteiger partial charge in [0.25, 0.3) is 5.01 Å². The Kier molecular flexibility index (Phi) is 10.4. The smallest absolute Gasteiger partial charge is 0.263 e. The summed E-state index contributed by atoms with van der Waals surface area (Å²) in [5.41, 5.74) is 9.18. The van der Waals surface area contributed by atoms with Gasteiger partial charge in [-0.05, 0) is 48.4 Å². The van der Waals surface area contributed by atoms with Crippen LogP contribution in [0.2, 0.25) is 0 Å². The van der Waals surface area contributed by atoms with Crippen LogP contribution < -0.4 is 14.4 Å². The average molecular weight is 661 g/mol. The fraction of sp³-hybridized carbons (Fsp3) is 0.357. The van der Waals surface area contributed by atoms with Crippen LogP contribution in [0.3, 0.4) is 0 Å². The zero-order chi connectivity index (χ0) is 33.7. The van der Waals surface area contributed by atoms with Gasteiger partial charge in [0.2, 0.25) is 5.52 Å². The lowest BCUT2D eigenvalue weighted by molar-refractivity contribution is -0.909. The zero-order valence-corrected chi connectivity index (χ0v) is 30.7. The maximum atomic E-state index is 2.45. The number of anilines is 2. The van der Waals surface area contributed by atoms with E-state index in [1.807, 2.05) is 11.3 Å². The highest BCUT2D eigenvalue weighted by Gasteiger charge is 2.23. The van der Waals surface area contributed by atoms with E-state index >= 15 is 0 Å². The predicted octanol–water partition coefficient (Wildman–Crippen LogP) is 8.36. The molecule has 2 aliphatic heterocycles. The third-order valence-corrected chi connectivity index (χ3v) is 11.3. The van der Waals surface area contributed by atoms with Crippen molar-refractivity contribution in [3.63, 3.8) is 0 Å². The molecule has 2 aliphatic rings. The Labute approximate surface area is 292 Å². The Balaban J connectivity index is 0.974. The number of hydrogen-bond donors (Lipinski definition) is 0. The molecule has 3 heterocycles. The summed E-state index contributed by atoms with van der Waals surface area (Å²) in [5, 5.41) is 1.27. The summed E-state index contributed by atoms with van der Waals surface area (Å²) < 4.78 is 5.77. The summed E-state index contributed by atoms with van der Waals surface area (Å²) in [6.07, 6.45) is 17.2. The van der Waals surface area contributed by atoms with Crippen molar-refractivity contribution in [2.45, 2.75) is 26.2 Å². The first-order chi connectivity index (χ1) is 23.1. The van der Waals surface area contributed by atoms with Crippen LogP contribution >= 0.6 is 11.3 Å². The molecule has 0 bridgehead atoms. The molecule has 0 unspecified atom stereocenters. The SMILES string of the molecule is C/C=C1\C=CN(CCC[N+](C)(C)CCC[N+](C)(C)CCCN2C=C/C(=C\c3sc4ccccc4[n+]3C)c3ccccc32)c2ccccc21. The number of thiazole rings is 1. The summed E-state index contributed by atoms with van der Waals surface area (Å²) in [6.45, 7) is 9.00. The molecular formula is C42H54N5S+3. The Morgan fingerprint density at radius 3 is 1.73 bits per heavy atom. The fourth-order valence-corrected chi connectivity index (χ4v) is 8.36. The molecule has 5 nitrogen and oxygen atoms in total. The number of benzene rings is 3. The largest absolute Gasteiger partial charge is 0.347 e. The first kappa shape index (κ1) is 33.9. The van der Waals surface area contributed by atoms with E-state index in [1.165, 1.54) is 87.9 Å². The van der Waals surface area contributed by atoms with Crippen molar-refractivity contribution >= 4 is 50.2 Å². The maximum Gasteiger partial charge on any atom is 0.263 e. The van der Waals surface area contributed by atoms with Crippen molar-refractivity contribution in [3.8, 4) is 0 Å². The number of para-hydroxylation sites is 3. The van der Waals surface area contributed by atoms with Gasteiger partial charge in [-0.2, -0.15) is 4.57 Å². The van der Waals surface area contributed by atoms with E-state index in [2.05, 4.69) is 166 Å². The summed E-state index contributed by atoms with van der Waals surface area (Å²) in [5.74, 6) is 0. The number of nitrogens with zero attached hydrogens (tertiary/aromatic N) is 5. The molecule has 48 heavy (non-hydrogen) atoms. The molecule has 0 N–H and O–H groups in total. The van der Waals surface area contributed by atoms with Gasteiger partial charge in [-0.25, -0.2) is 0 Å². The van der Waals surface area contributed by atoms with Crippen LogP contribution in [-0.2, 0) is 7.05 Å². The second-order valence-corrected chi connectivity index (χ2v) is 15.8. The lowest BCUT2D eigenvalue weighted by Gasteiger charge is -2.35. The van der Waals surface area contributed by atoms with Crippen molar-refractivity contribution < 1.29 is 13.5 Å². The van der Waals surface area contributed by atoms with Gasteiger partial charge in [0.05, 0.1) is 54.4 Å².